The molecule has 1 N–H and O–H groups in total. The monoisotopic (exact) mass is 407 g/mol. The summed E-state index contributed by atoms with van der Waals surface area (Å²) in [6, 6.07) is 13.3. The third-order valence-electron chi connectivity index (χ3n) is 4.71. The second-order valence-electron chi connectivity index (χ2n) is 6.80. The van der Waals surface area contributed by atoms with Gasteiger partial charge in [-0.15, -0.1) is 0 Å². The Labute approximate surface area is 171 Å². The maximum absolute atomic E-state index is 12.8. The Kier molecular flexibility index (Phi) is 4.94. The molecule has 4 aromatic rings. The van der Waals surface area contributed by atoms with Crippen LogP contribution < -0.4 is 10.9 Å². The molecule has 1 amide bonds. The van der Waals surface area contributed by atoms with Crippen LogP contribution in [-0.2, 0) is 4.79 Å². The fourth-order valence-electron chi connectivity index (χ4n) is 3.09. The first kappa shape index (κ1) is 19.0. The zero-order valence-corrected chi connectivity index (χ0v) is 16.6. The van der Waals surface area contributed by atoms with Gasteiger partial charge in [0, 0.05) is 27.9 Å². The Morgan fingerprint density at radius 2 is 1.93 bits per heavy atom. The number of aromatic nitrogens is 2. The summed E-state index contributed by atoms with van der Waals surface area (Å²) >= 11 is 5.98. The van der Waals surface area contributed by atoms with Crippen molar-refractivity contribution >= 4 is 34.0 Å². The topological polar surface area (TPSA) is 77.1 Å². The zero-order valence-electron chi connectivity index (χ0n) is 15.8. The fraction of sp³-hybridized carbons (Fsp3) is 0.136. The van der Waals surface area contributed by atoms with E-state index in [-0.39, 0.29) is 11.5 Å². The minimum atomic E-state index is -0.684. The van der Waals surface area contributed by atoms with E-state index in [1.807, 2.05) is 19.1 Å². The molecule has 1 atom stereocenters. The molecule has 0 saturated heterocycles. The molecule has 0 radical (unpaired) electrons. The third kappa shape index (κ3) is 3.79. The average molecular weight is 408 g/mol. The minimum absolute atomic E-state index is 0.239. The van der Waals surface area contributed by atoms with E-state index in [4.69, 9.17) is 16.0 Å². The summed E-state index contributed by atoms with van der Waals surface area (Å²) in [7, 11) is 0. The molecule has 0 aliphatic carbocycles. The minimum Gasteiger partial charge on any atom is -0.444 e. The number of halogens is 1. The van der Waals surface area contributed by atoms with E-state index in [1.54, 1.807) is 55.8 Å². The summed E-state index contributed by atoms with van der Waals surface area (Å²) in [5.74, 6) is 0.233. The van der Waals surface area contributed by atoms with Crippen LogP contribution in [-0.4, -0.2) is 15.5 Å². The highest BCUT2D eigenvalue weighted by molar-refractivity contribution is 6.31. The molecule has 2 aromatic heterocycles. The number of carbonyl (C=O) groups is 1. The Morgan fingerprint density at radius 3 is 2.62 bits per heavy atom. The molecule has 0 aliphatic heterocycles. The van der Waals surface area contributed by atoms with Gasteiger partial charge in [0.1, 0.15) is 12.3 Å². The van der Waals surface area contributed by atoms with Crippen molar-refractivity contribution in [1.82, 2.24) is 9.55 Å². The number of hydrogen-bond donors (Lipinski definition) is 1. The van der Waals surface area contributed by atoms with Crippen molar-refractivity contribution in [3.63, 3.8) is 0 Å². The summed E-state index contributed by atoms with van der Waals surface area (Å²) in [5.41, 5.74) is 1.99. The van der Waals surface area contributed by atoms with Crippen LogP contribution in [0, 0.1) is 6.92 Å². The highest BCUT2D eigenvalue weighted by Crippen LogP contribution is 2.22. The number of benzene rings is 2. The van der Waals surface area contributed by atoms with Gasteiger partial charge in [-0.25, -0.2) is 4.98 Å². The molecular formula is C22H18ClN3O3. The Balaban J connectivity index is 1.54. The molecular weight excluding hydrogens is 390 g/mol. The van der Waals surface area contributed by atoms with Crippen LogP contribution in [0.4, 0.5) is 5.69 Å². The first-order valence-electron chi connectivity index (χ1n) is 9.06. The van der Waals surface area contributed by atoms with Crippen LogP contribution in [0.15, 0.2) is 70.2 Å². The third-order valence-corrected chi connectivity index (χ3v) is 4.94. The Morgan fingerprint density at radius 1 is 1.17 bits per heavy atom. The number of carbonyl (C=O) groups excluding carboxylic acids is 1. The van der Waals surface area contributed by atoms with E-state index in [9.17, 15) is 9.59 Å². The van der Waals surface area contributed by atoms with E-state index < -0.39 is 6.04 Å². The number of aryl methyl sites for hydroxylation is 1. The van der Waals surface area contributed by atoms with Crippen molar-refractivity contribution in [1.29, 1.82) is 0 Å². The molecule has 0 aliphatic rings. The van der Waals surface area contributed by atoms with E-state index in [0.29, 0.717) is 22.0 Å². The molecule has 0 saturated carbocycles. The van der Waals surface area contributed by atoms with Crippen LogP contribution >= 0.6 is 11.6 Å². The van der Waals surface area contributed by atoms with Crippen molar-refractivity contribution in [2.45, 2.75) is 19.9 Å². The van der Waals surface area contributed by atoms with Gasteiger partial charge >= 0.3 is 0 Å². The second kappa shape index (κ2) is 7.56. The van der Waals surface area contributed by atoms with Gasteiger partial charge in [-0.3, -0.25) is 9.59 Å². The van der Waals surface area contributed by atoms with E-state index in [0.717, 1.165) is 16.6 Å². The molecule has 2 heterocycles. The quantitative estimate of drug-likeness (QED) is 0.526. The zero-order chi connectivity index (χ0) is 20.5. The number of amides is 1. The molecule has 0 fully saturated rings. The SMILES string of the molecule is Cc1coc(-c2ccc(NC(=O)[C@@H](C)n3ccc4cc(Cl)ccc4c3=O)cc2)n1. The Bertz CT molecular complexity index is 1260. The maximum atomic E-state index is 12.8. The van der Waals surface area contributed by atoms with Crippen LogP contribution in [0.5, 0.6) is 0 Å². The van der Waals surface area contributed by atoms with Gasteiger partial charge in [0.25, 0.3) is 5.56 Å². The molecule has 0 spiro atoms. The van der Waals surface area contributed by atoms with Crippen molar-refractivity contribution in [2.24, 2.45) is 0 Å². The summed E-state index contributed by atoms with van der Waals surface area (Å²) in [4.78, 5) is 29.7. The largest absolute Gasteiger partial charge is 0.444 e. The highest BCUT2D eigenvalue weighted by Gasteiger charge is 2.17. The Hall–Kier alpha value is -3.38. The van der Waals surface area contributed by atoms with Gasteiger partial charge in [-0.1, -0.05) is 11.6 Å². The van der Waals surface area contributed by atoms with E-state index >= 15 is 0 Å². The molecule has 0 bridgehead atoms. The van der Waals surface area contributed by atoms with Gasteiger partial charge in [0.05, 0.1) is 5.69 Å². The van der Waals surface area contributed by atoms with Crippen LogP contribution in [0.1, 0.15) is 18.7 Å². The molecule has 29 heavy (non-hydrogen) atoms. The second-order valence-corrected chi connectivity index (χ2v) is 7.23. The predicted molar refractivity (Wildman–Crippen MR) is 113 cm³/mol. The number of rotatable bonds is 4. The van der Waals surface area contributed by atoms with Crippen molar-refractivity contribution in [3.8, 4) is 11.5 Å². The van der Waals surface area contributed by atoms with Gasteiger partial charge in [-0.05, 0) is 67.8 Å². The summed E-state index contributed by atoms with van der Waals surface area (Å²) in [6.45, 7) is 3.54. The van der Waals surface area contributed by atoms with Crippen LogP contribution in [0.3, 0.4) is 0 Å². The number of pyridine rings is 1. The van der Waals surface area contributed by atoms with Crippen LogP contribution in [0.25, 0.3) is 22.2 Å². The lowest BCUT2D eigenvalue weighted by atomic mass is 10.1. The molecule has 6 nitrogen and oxygen atoms in total. The molecule has 146 valence electrons. The van der Waals surface area contributed by atoms with Gasteiger partial charge < -0.3 is 14.3 Å². The number of oxazole rings is 1. The summed E-state index contributed by atoms with van der Waals surface area (Å²) in [5, 5.41) is 4.65. The van der Waals surface area contributed by atoms with E-state index in [2.05, 4.69) is 10.3 Å². The standard InChI is InChI=1S/C22H18ClN3O3/c1-13-12-29-21(24-13)15-3-6-18(7-4-15)25-20(27)14(2)26-10-9-16-11-17(23)5-8-19(16)22(26)28/h3-12,14H,1-2H3,(H,25,27)/t14-/m1/s1. The van der Waals surface area contributed by atoms with Gasteiger partial charge in [-0.2, -0.15) is 0 Å². The van der Waals surface area contributed by atoms with Crippen molar-refractivity contribution in [2.75, 3.05) is 5.32 Å². The number of hydrogen-bond acceptors (Lipinski definition) is 4. The van der Waals surface area contributed by atoms with Crippen LogP contribution in [0.2, 0.25) is 5.02 Å². The normalized spacial score (nSPS) is 12.1. The lowest BCUT2D eigenvalue weighted by molar-refractivity contribution is -0.118. The van der Waals surface area contributed by atoms with Crippen molar-refractivity contribution < 1.29 is 9.21 Å². The number of anilines is 1. The first-order valence-corrected chi connectivity index (χ1v) is 9.44. The fourth-order valence-corrected chi connectivity index (χ4v) is 3.27. The molecule has 4 rings (SSSR count). The van der Waals surface area contributed by atoms with E-state index in [1.165, 1.54) is 4.57 Å². The molecule has 7 heteroatoms. The molecule has 0 unspecified atom stereocenters. The summed E-state index contributed by atoms with van der Waals surface area (Å²) in [6.07, 6.45) is 3.20. The number of fused-ring (bicyclic) bond motifs is 1. The number of nitrogens with one attached hydrogen (secondary N) is 1. The van der Waals surface area contributed by atoms with Gasteiger partial charge in [0.15, 0.2) is 0 Å². The lowest BCUT2D eigenvalue weighted by Gasteiger charge is -2.16. The first-order chi connectivity index (χ1) is 13.9. The van der Waals surface area contributed by atoms with Gasteiger partial charge in [0.2, 0.25) is 11.8 Å². The summed E-state index contributed by atoms with van der Waals surface area (Å²) < 4.78 is 6.79. The highest BCUT2D eigenvalue weighted by atomic mass is 35.5. The number of nitrogens with zero attached hydrogens (tertiary/aromatic N) is 2. The maximum Gasteiger partial charge on any atom is 0.259 e. The lowest BCUT2D eigenvalue weighted by Crippen LogP contribution is -2.31. The smallest absolute Gasteiger partial charge is 0.259 e. The van der Waals surface area contributed by atoms with Crippen molar-refractivity contribution in [3.05, 3.63) is 82.1 Å². The average Bonchev–Trinajstić information content (AvgIpc) is 3.14. The molecule has 2 aromatic carbocycles. The predicted octanol–water partition coefficient (Wildman–Crippen LogP) is 4.82.